The monoisotopic (exact) mass is 222 g/mol. The Hall–Kier alpha value is -1.55. The van der Waals surface area contributed by atoms with Gasteiger partial charge >= 0.3 is 5.97 Å². The van der Waals surface area contributed by atoms with Gasteiger partial charge in [0.1, 0.15) is 5.75 Å². The van der Waals surface area contributed by atoms with Crippen LogP contribution >= 0.6 is 0 Å². The van der Waals surface area contributed by atoms with Crippen molar-refractivity contribution in [3.05, 3.63) is 29.3 Å². The molecule has 0 fully saturated rings. The molecule has 0 aromatic heterocycles. The molecule has 86 valence electrons. The van der Waals surface area contributed by atoms with Gasteiger partial charge < -0.3 is 14.9 Å². The number of rotatable bonds is 2. The van der Waals surface area contributed by atoms with Gasteiger partial charge in [-0.3, -0.25) is 4.79 Å². The Morgan fingerprint density at radius 3 is 2.88 bits per heavy atom. The summed E-state index contributed by atoms with van der Waals surface area (Å²) < 4.78 is 5.18. The topological polar surface area (TPSA) is 66.8 Å². The van der Waals surface area contributed by atoms with E-state index in [2.05, 4.69) is 0 Å². The van der Waals surface area contributed by atoms with Crippen LogP contribution in [0.2, 0.25) is 0 Å². The third-order valence-corrected chi connectivity index (χ3v) is 3.06. The summed E-state index contributed by atoms with van der Waals surface area (Å²) in [6.45, 7) is 0. The second-order valence-corrected chi connectivity index (χ2v) is 4.02. The summed E-state index contributed by atoms with van der Waals surface area (Å²) in [6.07, 6.45) is -0.0127. The fraction of sp³-hybridized carbons (Fsp3) is 0.417. The second-order valence-electron chi connectivity index (χ2n) is 4.02. The molecule has 2 unspecified atom stereocenters. The number of aliphatic carboxylic acids is 1. The molecule has 0 saturated heterocycles. The van der Waals surface area contributed by atoms with E-state index in [0.717, 1.165) is 11.1 Å². The van der Waals surface area contributed by atoms with Crippen LogP contribution in [0.25, 0.3) is 0 Å². The van der Waals surface area contributed by atoms with Gasteiger partial charge in [-0.25, -0.2) is 0 Å². The summed E-state index contributed by atoms with van der Waals surface area (Å²) in [7, 11) is 1.55. The number of aliphatic hydroxyl groups is 1. The highest BCUT2D eigenvalue weighted by atomic mass is 16.5. The highest BCUT2D eigenvalue weighted by Crippen LogP contribution is 2.37. The lowest BCUT2D eigenvalue weighted by molar-refractivity contribution is -0.143. The molecule has 0 aliphatic heterocycles. The van der Waals surface area contributed by atoms with Gasteiger partial charge in [-0.15, -0.1) is 0 Å². The van der Waals surface area contributed by atoms with Crippen LogP contribution in [0.3, 0.4) is 0 Å². The Balaban J connectivity index is 2.42. The number of ether oxygens (including phenoxy) is 1. The molecule has 4 heteroatoms. The molecular weight excluding hydrogens is 208 g/mol. The maximum atomic E-state index is 11.0. The lowest BCUT2D eigenvalue weighted by Gasteiger charge is -2.27. The lowest BCUT2D eigenvalue weighted by Crippen LogP contribution is -2.25. The van der Waals surface area contributed by atoms with Crippen LogP contribution in [0.1, 0.15) is 23.7 Å². The van der Waals surface area contributed by atoms with E-state index in [4.69, 9.17) is 9.84 Å². The summed E-state index contributed by atoms with van der Waals surface area (Å²) >= 11 is 0. The van der Waals surface area contributed by atoms with Gasteiger partial charge in [-0.05, 0) is 24.5 Å². The van der Waals surface area contributed by atoms with E-state index in [0.29, 0.717) is 12.2 Å². The van der Waals surface area contributed by atoms with Crippen molar-refractivity contribution in [3.8, 4) is 5.75 Å². The van der Waals surface area contributed by atoms with Crippen molar-refractivity contribution in [1.29, 1.82) is 0 Å². The largest absolute Gasteiger partial charge is 0.496 e. The van der Waals surface area contributed by atoms with Gasteiger partial charge in [-0.1, -0.05) is 12.1 Å². The molecule has 2 atom stereocenters. The molecule has 1 aromatic carbocycles. The van der Waals surface area contributed by atoms with Crippen LogP contribution < -0.4 is 4.74 Å². The summed E-state index contributed by atoms with van der Waals surface area (Å²) in [5.41, 5.74) is 1.60. The summed E-state index contributed by atoms with van der Waals surface area (Å²) in [5.74, 6) is -0.739. The van der Waals surface area contributed by atoms with Crippen molar-refractivity contribution in [2.24, 2.45) is 5.92 Å². The Labute approximate surface area is 93.5 Å². The molecule has 2 rings (SSSR count). The van der Waals surface area contributed by atoms with Crippen molar-refractivity contribution in [3.63, 3.8) is 0 Å². The maximum absolute atomic E-state index is 11.0. The number of fused-ring (bicyclic) bond motifs is 1. The predicted octanol–water partition coefficient (Wildman–Crippen LogP) is 1.38. The van der Waals surface area contributed by atoms with Crippen LogP contribution in [0.5, 0.6) is 5.75 Å². The minimum absolute atomic E-state index is 0.273. The molecule has 1 aliphatic rings. The van der Waals surface area contributed by atoms with Crippen molar-refractivity contribution < 1.29 is 19.7 Å². The number of carboxylic acids is 1. The van der Waals surface area contributed by atoms with Crippen LogP contribution in [0, 0.1) is 5.92 Å². The zero-order chi connectivity index (χ0) is 11.7. The van der Waals surface area contributed by atoms with Gasteiger partial charge in [0.05, 0.1) is 19.1 Å². The molecule has 2 N–H and O–H groups in total. The van der Waals surface area contributed by atoms with E-state index in [1.165, 1.54) is 0 Å². The van der Waals surface area contributed by atoms with Crippen molar-refractivity contribution in [2.45, 2.75) is 18.9 Å². The number of benzene rings is 1. The third kappa shape index (κ3) is 1.76. The third-order valence-electron chi connectivity index (χ3n) is 3.06. The second kappa shape index (κ2) is 4.14. The number of carbonyl (C=O) groups is 1. The van der Waals surface area contributed by atoms with Gasteiger partial charge in [0.2, 0.25) is 0 Å². The molecule has 0 bridgehead atoms. The van der Waals surface area contributed by atoms with Crippen LogP contribution in [-0.2, 0) is 11.2 Å². The van der Waals surface area contributed by atoms with E-state index in [9.17, 15) is 9.90 Å². The summed E-state index contributed by atoms with van der Waals surface area (Å²) in [4.78, 5) is 11.0. The molecule has 1 aliphatic carbocycles. The van der Waals surface area contributed by atoms with Gasteiger partial charge in [-0.2, -0.15) is 0 Å². The van der Waals surface area contributed by atoms with Gasteiger partial charge in [0.15, 0.2) is 0 Å². The molecule has 16 heavy (non-hydrogen) atoms. The smallest absolute Gasteiger partial charge is 0.306 e. The van der Waals surface area contributed by atoms with Crippen molar-refractivity contribution >= 4 is 5.97 Å². The van der Waals surface area contributed by atoms with Crippen LogP contribution in [0.15, 0.2) is 18.2 Å². The van der Waals surface area contributed by atoms with Crippen LogP contribution in [-0.4, -0.2) is 23.3 Å². The Morgan fingerprint density at radius 2 is 2.25 bits per heavy atom. The van der Waals surface area contributed by atoms with E-state index < -0.39 is 18.0 Å². The summed E-state index contributed by atoms with van der Waals surface area (Å²) in [5, 5.41) is 18.9. The highest BCUT2D eigenvalue weighted by Gasteiger charge is 2.31. The van der Waals surface area contributed by atoms with Gasteiger partial charge in [0.25, 0.3) is 0 Å². The number of carboxylic acid groups (broad SMARTS) is 1. The van der Waals surface area contributed by atoms with Crippen molar-refractivity contribution in [2.75, 3.05) is 7.11 Å². The highest BCUT2D eigenvalue weighted by molar-refractivity contribution is 5.71. The Kier molecular flexibility index (Phi) is 2.83. The van der Waals surface area contributed by atoms with Crippen LogP contribution in [0.4, 0.5) is 0 Å². The Morgan fingerprint density at radius 1 is 1.50 bits per heavy atom. The number of hydrogen-bond donors (Lipinski definition) is 2. The van der Waals surface area contributed by atoms with Gasteiger partial charge in [0, 0.05) is 5.56 Å². The quantitative estimate of drug-likeness (QED) is 0.793. The molecule has 1 aromatic rings. The molecule has 0 amide bonds. The zero-order valence-electron chi connectivity index (χ0n) is 9.01. The van der Waals surface area contributed by atoms with E-state index in [1.807, 2.05) is 12.1 Å². The van der Waals surface area contributed by atoms with Crippen molar-refractivity contribution in [1.82, 2.24) is 0 Å². The molecule has 0 heterocycles. The SMILES string of the molecule is COc1cccc2c1CC(C(=O)O)CC2O. The molecule has 4 nitrogen and oxygen atoms in total. The first-order chi connectivity index (χ1) is 7.63. The predicted molar refractivity (Wildman–Crippen MR) is 57.4 cm³/mol. The fourth-order valence-corrected chi connectivity index (χ4v) is 2.22. The minimum atomic E-state index is -0.865. The molecule has 0 radical (unpaired) electrons. The first-order valence-corrected chi connectivity index (χ1v) is 5.20. The van der Waals surface area contributed by atoms with E-state index in [-0.39, 0.29) is 6.42 Å². The van der Waals surface area contributed by atoms with E-state index in [1.54, 1.807) is 13.2 Å². The van der Waals surface area contributed by atoms with E-state index >= 15 is 0 Å². The fourth-order valence-electron chi connectivity index (χ4n) is 2.22. The standard InChI is InChI=1S/C12H14O4/c1-16-11-4-2-3-8-9(11)5-7(12(14)15)6-10(8)13/h2-4,7,10,13H,5-6H2,1H3,(H,14,15). The zero-order valence-corrected chi connectivity index (χ0v) is 9.01. The lowest BCUT2D eigenvalue weighted by atomic mass is 9.81. The minimum Gasteiger partial charge on any atom is -0.496 e. The average molecular weight is 222 g/mol. The normalized spacial score (nSPS) is 23.6. The first kappa shape index (κ1) is 11.0. The number of methoxy groups -OCH3 is 1. The maximum Gasteiger partial charge on any atom is 0.306 e. The first-order valence-electron chi connectivity index (χ1n) is 5.20. The average Bonchev–Trinajstić information content (AvgIpc) is 2.28. The number of hydrogen-bond acceptors (Lipinski definition) is 3. The molecular formula is C12H14O4. The Bertz CT molecular complexity index is 413. The molecule has 0 spiro atoms. The summed E-state index contributed by atoms with van der Waals surface area (Å²) in [6, 6.07) is 5.42. The molecule has 0 saturated carbocycles. The number of aliphatic hydroxyl groups excluding tert-OH is 1.